The van der Waals surface area contributed by atoms with Gasteiger partial charge in [0.15, 0.2) is 0 Å². The van der Waals surface area contributed by atoms with Crippen LogP contribution in [0.1, 0.15) is 46.5 Å². The van der Waals surface area contributed by atoms with Gasteiger partial charge in [0.1, 0.15) is 10.7 Å². The molecule has 1 atom stereocenters. The molecule has 0 spiro atoms. The first kappa shape index (κ1) is 18.6. The van der Waals surface area contributed by atoms with E-state index < -0.39 is 0 Å². The van der Waals surface area contributed by atoms with E-state index in [1.807, 2.05) is 12.1 Å². The van der Waals surface area contributed by atoms with E-state index in [0.717, 1.165) is 10.6 Å². The van der Waals surface area contributed by atoms with E-state index in [0.29, 0.717) is 18.2 Å². The lowest BCUT2D eigenvalue weighted by molar-refractivity contribution is 0.0921. The summed E-state index contributed by atoms with van der Waals surface area (Å²) < 4.78 is 0. The minimum Gasteiger partial charge on any atom is -0.344 e. The maximum atomic E-state index is 12.4. The first-order valence-electron chi connectivity index (χ1n) is 7.03. The summed E-state index contributed by atoms with van der Waals surface area (Å²) in [7, 11) is 0. The molecule has 6 heteroatoms. The van der Waals surface area contributed by atoms with Crippen molar-refractivity contribution in [2.75, 3.05) is 0 Å². The molecule has 0 fully saturated rings. The number of rotatable bonds is 5. The SMILES string of the molecule is Cc1ccccc1C(NC(=O)c1csc(CN)n1)C(C)C.Cl. The second-order valence-corrected chi connectivity index (χ2v) is 6.33. The Morgan fingerprint density at radius 1 is 1.36 bits per heavy atom. The third-order valence-electron chi connectivity index (χ3n) is 3.44. The average Bonchev–Trinajstić information content (AvgIpc) is 2.94. The van der Waals surface area contributed by atoms with Crippen LogP contribution in [0.2, 0.25) is 0 Å². The predicted octanol–water partition coefficient (Wildman–Crippen LogP) is 3.46. The van der Waals surface area contributed by atoms with Crippen LogP contribution in [0.25, 0.3) is 0 Å². The number of hydrogen-bond acceptors (Lipinski definition) is 4. The Morgan fingerprint density at radius 3 is 2.59 bits per heavy atom. The maximum Gasteiger partial charge on any atom is 0.271 e. The van der Waals surface area contributed by atoms with Crippen LogP contribution in [0.4, 0.5) is 0 Å². The topological polar surface area (TPSA) is 68.0 Å². The Bertz CT molecular complexity index is 627. The van der Waals surface area contributed by atoms with Gasteiger partial charge in [-0.05, 0) is 24.0 Å². The number of hydrogen-bond donors (Lipinski definition) is 2. The quantitative estimate of drug-likeness (QED) is 0.876. The zero-order valence-electron chi connectivity index (χ0n) is 13.0. The molecule has 1 unspecified atom stereocenters. The smallest absolute Gasteiger partial charge is 0.271 e. The van der Waals surface area contributed by atoms with Crippen LogP contribution in [0.15, 0.2) is 29.6 Å². The van der Waals surface area contributed by atoms with Crippen LogP contribution in [0.5, 0.6) is 0 Å². The van der Waals surface area contributed by atoms with E-state index >= 15 is 0 Å². The second kappa shape index (κ2) is 8.27. The van der Waals surface area contributed by atoms with Crippen LogP contribution >= 0.6 is 23.7 Å². The van der Waals surface area contributed by atoms with Crippen molar-refractivity contribution < 1.29 is 4.79 Å². The van der Waals surface area contributed by atoms with Crippen LogP contribution in [-0.2, 0) is 6.54 Å². The van der Waals surface area contributed by atoms with E-state index in [-0.39, 0.29) is 24.4 Å². The number of thiazole rings is 1. The van der Waals surface area contributed by atoms with Gasteiger partial charge in [0.25, 0.3) is 5.91 Å². The molecule has 0 aliphatic rings. The van der Waals surface area contributed by atoms with Crippen LogP contribution in [0.3, 0.4) is 0 Å². The summed E-state index contributed by atoms with van der Waals surface area (Å²) in [5, 5.41) is 5.62. The Labute approximate surface area is 141 Å². The fraction of sp³-hybridized carbons (Fsp3) is 0.375. The third kappa shape index (κ3) is 4.29. The highest BCUT2D eigenvalue weighted by Gasteiger charge is 2.21. The minimum atomic E-state index is -0.145. The number of carbonyl (C=O) groups is 1. The maximum absolute atomic E-state index is 12.4. The molecule has 0 saturated carbocycles. The molecule has 2 rings (SSSR count). The molecule has 0 aliphatic heterocycles. The summed E-state index contributed by atoms with van der Waals surface area (Å²) in [5.41, 5.74) is 8.31. The molecular formula is C16H22ClN3OS. The van der Waals surface area contributed by atoms with E-state index in [4.69, 9.17) is 5.73 Å². The van der Waals surface area contributed by atoms with E-state index in [2.05, 4.69) is 43.2 Å². The lowest BCUT2D eigenvalue weighted by Gasteiger charge is -2.24. The van der Waals surface area contributed by atoms with Gasteiger partial charge in [-0.1, -0.05) is 38.1 Å². The largest absolute Gasteiger partial charge is 0.344 e. The molecule has 0 saturated heterocycles. The van der Waals surface area contributed by atoms with Gasteiger partial charge in [-0.2, -0.15) is 0 Å². The second-order valence-electron chi connectivity index (χ2n) is 5.38. The predicted molar refractivity (Wildman–Crippen MR) is 93.5 cm³/mol. The molecule has 1 amide bonds. The first-order chi connectivity index (χ1) is 10.0. The molecule has 1 heterocycles. The molecule has 22 heavy (non-hydrogen) atoms. The highest BCUT2D eigenvalue weighted by atomic mass is 35.5. The van der Waals surface area contributed by atoms with Gasteiger partial charge < -0.3 is 11.1 Å². The van der Waals surface area contributed by atoms with Gasteiger partial charge in [0.2, 0.25) is 0 Å². The molecule has 4 nitrogen and oxygen atoms in total. The number of nitrogens with zero attached hydrogens (tertiary/aromatic N) is 1. The Balaban J connectivity index is 0.00000242. The van der Waals surface area contributed by atoms with Gasteiger partial charge >= 0.3 is 0 Å². The Hall–Kier alpha value is -1.43. The fourth-order valence-corrected chi connectivity index (χ4v) is 2.92. The van der Waals surface area contributed by atoms with Gasteiger partial charge in [-0.25, -0.2) is 4.98 Å². The molecule has 0 radical (unpaired) electrons. The number of aromatic nitrogens is 1. The lowest BCUT2D eigenvalue weighted by Crippen LogP contribution is -2.32. The Kier molecular flexibility index (Phi) is 7.00. The standard InChI is InChI=1S/C16H21N3OS.ClH/c1-10(2)15(12-7-5-4-6-11(12)3)19-16(20)13-9-21-14(8-17)18-13;/h4-7,9-10,15H,8,17H2,1-3H3,(H,19,20);1H. The number of aryl methyl sites for hydroxylation is 1. The van der Waals surface area contributed by atoms with Crippen molar-refractivity contribution in [1.82, 2.24) is 10.3 Å². The van der Waals surface area contributed by atoms with Crippen molar-refractivity contribution >= 4 is 29.7 Å². The fourth-order valence-electron chi connectivity index (χ4n) is 2.26. The summed E-state index contributed by atoms with van der Waals surface area (Å²) >= 11 is 1.42. The van der Waals surface area contributed by atoms with Crippen molar-refractivity contribution in [2.24, 2.45) is 11.7 Å². The van der Waals surface area contributed by atoms with E-state index in [1.54, 1.807) is 5.38 Å². The van der Waals surface area contributed by atoms with Gasteiger partial charge in [-0.15, -0.1) is 23.7 Å². The summed E-state index contributed by atoms with van der Waals surface area (Å²) in [6, 6.07) is 8.10. The van der Waals surface area contributed by atoms with Crippen LogP contribution < -0.4 is 11.1 Å². The number of nitrogens with two attached hydrogens (primary N) is 1. The number of carbonyl (C=O) groups excluding carboxylic acids is 1. The van der Waals surface area contributed by atoms with Crippen LogP contribution in [-0.4, -0.2) is 10.9 Å². The third-order valence-corrected chi connectivity index (χ3v) is 4.31. The summed E-state index contributed by atoms with van der Waals surface area (Å²) in [5.74, 6) is 0.149. The molecular weight excluding hydrogens is 318 g/mol. The van der Waals surface area contributed by atoms with Gasteiger partial charge in [0, 0.05) is 11.9 Å². The number of halogens is 1. The molecule has 1 aromatic carbocycles. The van der Waals surface area contributed by atoms with E-state index in [9.17, 15) is 4.79 Å². The van der Waals surface area contributed by atoms with Crippen LogP contribution in [0, 0.1) is 12.8 Å². The molecule has 0 bridgehead atoms. The average molecular weight is 340 g/mol. The molecule has 2 aromatic rings. The van der Waals surface area contributed by atoms with Crippen molar-refractivity contribution in [2.45, 2.75) is 33.4 Å². The first-order valence-corrected chi connectivity index (χ1v) is 7.91. The highest BCUT2D eigenvalue weighted by molar-refractivity contribution is 7.09. The highest BCUT2D eigenvalue weighted by Crippen LogP contribution is 2.25. The Morgan fingerprint density at radius 2 is 2.05 bits per heavy atom. The zero-order chi connectivity index (χ0) is 15.4. The van der Waals surface area contributed by atoms with Crippen molar-refractivity contribution in [1.29, 1.82) is 0 Å². The molecule has 1 aromatic heterocycles. The van der Waals surface area contributed by atoms with Crippen molar-refractivity contribution in [3.05, 3.63) is 51.5 Å². The number of amides is 1. The van der Waals surface area contributed by atoms with E-state index in [1.165, 1.54) is 16.9 Å². The number of benzene rings is 1. The normalized spacial score (nSPS) is 11.9. The van der Waals surface area contributed by atoms with Gasteiger partial charge in [0.05, 0.1) is 6.04 Å². The lowest BCUT2D eigenvalue weighted by atomic mass is 9.92. The molecule has 120 valence electrons. The zero-order valence-corrected chi connectivity index (χ0v) is 14.6. The molecule has 0 aliphatic carbocycles. The summed E-state index contributed by atoms with van der Waals surface area (Å²) in [6.45, 7) is 6.63. The molecule has 3 N–H and O–H groups in total. The minimum absolute atomic E-state index is 0. The summed E-state index contributed by atoms with van der Waals surface area (Å²) in [4.78, 5) is 16.6. The van der Waals surface area contributed by atoms with Gasteiger partial charge in [-0.3, -0.25) is 4.79 Å². The van der Waals surface area contributed by atoms with Crippen molar-refractivity contribution in [3.8, 4) is 0 Å². The number of nitrogens with one attached hydrogen (secondary N) is 1. The summed E-state index contributed by atoms with van der Waals surface area (Å²) in [6.07, 6.45) is 0. The van der Waals surface area contributed by atoms with Crippen molar-refractivity contribution in [3.63, 3.8) is 0 Å². The monoisotopic (exact) mass is 339 g/mol.